The number of para-hydroxylation sites is 2. The molecule has 0 atom stereocenters. The van der Waals surface area contributed by atoms with Gasteiger partial charge < -0.3 is 18.6 Å². The second kappa shape index (κ2) is 9.23. The van der Waals surface area contributed by atoms with E-state index in [1.54, 1.807) is 6.92 Å². The van der Waals surface area contributed by atoms with E-state index in [1.165, 1.54) is 0 Å². The Kier molecular flexibility index (Phi) is 7.99. The summed E-state index contributed by atoms with van der Waals surface area (Å²) in [5.41, 5.74) is 0. The molecule has 0 aliphatic carbocycles. The third-order valence-corrected chi connectivity index (χ3v) is 3.66. The van der Waals surface area contributed by atoms with Gasteiger partial charge in [-0.15, -0.1) is 11.6 Å². The molecule has 0 amide bonds. The topological polar surface area (TPSA) is 36.9 Å². The molecule has 0 saturated carbocycles. The SMILES string of the molecule is CCOC(C)(OCC)Oc1ccccc1O[Si]CCCl. The minimum absolute atomic E-state index is 0.301. The second-order valence-electron chi connectivity index (χ2n) is 3.96. The van der Waals surface area contributed by atoms with Crippen LogP contribution >= 0.6 is 11.6 Å². The van der Waals surface area contributed by atoms with Crippen LogP contribution in [0, 0.1) is 0 Å². The molecule has 20 heavy (non-hydrogen) atoms. The Bertz CT molecular complexity index is 383. The lowest BCUT2D eigenvalue weighted by Crippen LogP contribution is -2.39. The summed E-state index contributed by atoms with van der Waals surface area (Å²) in [5.74, 6) is 0.732. The van der Waals surface area contributed by atoms with Crippen molar-refractivity contribution in [1.29, 1.82) is 0 Å². The highest BCUT2D eigenvalue weighted by Gasteiger charge is 2.28. The van der Waals surface area contributed by atoms with Gasteiger partial charge in [-0.05, 0) is 32.0 Å². The van der Waals surface area contributed by atoms with E-state index in [2.05, 4.69) is 0 Å². The first kappa shape index (κ1) is 17.3. The zero-order valence-corrected chi connectivity index (χ0v) is 13.9. The fourth-order valence-corrected chi connectivity index (χ4v) is 2.35. The maximum Gasteiger partial charge on any atom is 0.323 e. The highest BCUT2D eigenvalue weighted by Crippen LogP contribution is 2.30. The van der Waals surface area contributed by atoms with Crippen molar-refractivity contribution in [2.45, 2.75) is 32.8 Å². The fourth-order valence-electron chi connectivity index (χ4n) is 1.61. The van der Waals surface area contributed by atoms with Crippen molar-refractivity contribution >= 4 is 21.4 Å². The first-order valence-electron chi connectivity index (χ1n) is 6.66. The van der Waals surface area contributed by atoms with Crippen LogP contribution in [0.2, 0.25) is 6.04 Å². The van der Waals surface area contributed by atoms with Gasteiger partial charge >= 0.3 is 15.7 Å². The quantitative estimate of drug-likeness (QED) is 0.287. The molecule has 0 unspecified atom stereocenters. The van der Waals surface area contributed by atoms with E-state index in [-0.39, 0.29) is 0 Å². The Morgan fingerprint density at radius 1 is 1.10 bits per heavy atom. The highest BCUT2D eigenvalue weighted by atomic mass is 35.5. The molecule has 0 aliphatic rings. The smallest absolute Gasteiger partial charge is 0.323 e. The van der Waals surface area contributed by atoms with Gasteiger partial charge in [-0.1, -0.05) is 12.1 Å². The molecular weight excluding hydrogens is 296 g/mol. The number of hydrogen-bond acceptors (Lipinski definition) is 4. The number of rotatable bonds is 10. The van der Waals surface area contributed by atoms with E-state index in [4.69, 9.17) is 30.2 Å². The average Bonchev–Trinajstić information content (AvgIpc) is 2.41. The first-order valence-corrected chi connectivity index (χ1v) is 8.31. The van der Waals surface area contributed by atoms with Crippen LogP contribution in [0.4, 0.5) is 0 Å². The molecule has 6 heteroatoms. The summed E-state index contributed by atoms with van der Waals surface area (Å²) in [6, 6.07) is 8.27. The zero-order chi connectivity index (χ0) is 14.8. The molecule has 1 aromatic carbocycles. The summed E-state index contributed by atoms with van der Waals surface area (Å²) in [4.78, 5) is 0. The van der Waals surface area contributed by atoms with Gasteiger partial charge in [0.25, 0.3) is 0 Å². The standard InChI is InChI=1S/C14H21ClO4Si/c1-4-16-14(3,17-5-2)18-12-8-6-7-9-13(12)19-20-11-10-15/h6-9H,4-5,10-11H2,1-3H3. The molecule has 0 bridgehead atoms. The predicted molar refractivity (Wildman–Crippen MR) is 80.6 cm³/mol. The van der Waals surface area contributed by atoms with Crippen LogP contribution in [0.15, 0.2) is 24.3 Å². The molecule has 1 rings (SSSR count). The minimum Gasteiger partial charge on any atom is -0.538 e. The summed E-state index contributed by atoms with van der Waals surface area (Å²) in [5, 5.41) is 0. The molecule has 112 valence electrons. The zero-order valence-electron chi connectivity index (χ0n) is 12.1. The summed E-state index contributed by atoms with van der Waals surface area (Å²) in [7, 11) is 0.301. The van der Waals surface area contributed by atoms with E-state index in [0.717, 1.165) is 6.04 Å². The summed E-state index contributed by atoms with van der Waals surface area (Å²) in [6.07, 6.45) is 0. The van der Waals surface area contributed by atoms with Gasteiger partial charge in [0.05, 0.1) is 13.2 Å². The number of alkyl halides is 1. The van der Waals surface area contributed by atoms with Crippen LogP contribution in [0.5, 0.6) is 11.5 Å². The minimum atomic E-state index is -1.11. The lowest BCUT2D eigenvalue weighted by molar-refractivity contribution is -0.329. The monoisotopic (exact) mass is 316 g/mol. The largest absolute Gasteiger partial charge is 0.538 e. The molecule has 1 aromatic rings. The van der Waals surface area contributed by atoms with Gasteiger partial charge in [0.15, 0.2) is 5.75 Å². The first-order chi connectivity index (χ1) is 9.65. The maximum atomic E-state index is 5.85. The Hall–Kier alpha value is -0.753. The van der Waals surface area contributed by atoms with Crippen molar-refractivity contribution < 1.29 is 18.6 Å². The molecule has 4 nitrogen and oxygen atoms in total. The molecule has 2 radical (unpaired) electrons. The van der Waals surface area contributed by atoms with Crippen molar-refractivity contribution in [3.8, 4) is 11.5 Å². The second-order valence-corrected chi connectivity index (χ2v) is 5.33. The van der Waals surface area contributed by atoms with Crippen LogP contribution in [-0.4, -0.2) is 34.8 Å². The normalized spacial score (nSPS) is 11.4. The molecule has 0 heterocycles. The van der Waals surface area contributed by atoms with Gasteiger partial charge in [0.1, 0.15) is 5.75 Å². The number of ether oxygens (including phenoxy) is 3. The van der Waals surface area contributed by atoms with E-state index in [1.807, 2.05) is 38.1 Å². The molecule has 0 fully saturated rings. The van der Waals surface area contributed by atoms with Gasteiger partial charge in [0, 0.05) is 12.8 Å². The lowest BCUT2D eigenvalue weighted by Gasteiger charge is -2.30. The fraction of sp³-hybridized carbons (Fsp3) is 0.571. The number of hydrogen-bond donors (Lipinski definition) is 0. The van der Waals surface area contributed by atoms with E-state index < -0.39 is 5.97 Å². The van der Waals surface area contributed by atoms with Gasteiger partial charge in [-0.25, -0.2) is 0 Å². The third kappa shape index (κ3) is 5.71. The van der Waals surface area contributed by atoms with Gasteiger partial charge in [0.2, 0.25) is 0 Å². The molecule has 0 aliphatic heterocycles. The highest BCUT2D eigenvalue weighted by molar-refractivity contribution is 6.32. The van der Waals surface area contributed by atoms with Crippen LogP contribution in [0.3, 0.4) is 0 Å². The van der Waals surface area contributed by atoms with Crippen LogP contribution in [0.1, 0.15) is 20.8 Å². The van der Waals surface area contributed by atoms with Gasteiger partial charge in [-0.2, -0.15) is 0 Å². The summed E-state index contributed by atoms with van der Waals surface area (Å²) in [6.45, 7) is 6.52. The van der Waals surface area contributed by atoms with Crippen molar-refractivity contribution in [2.75, 3.05) is 19.1 Å². The number of benzene rings is 1. The van der Waals surface area contributed by atoms with Crippen LogP contribution in [0.25, 0.3) is 0 Å². The molecule has 0 aromatic heterocycles. The Labute approximate surface area is 128 Å². The van der Waals surface area contributed by atoms with Crippen molar-refractivity contribution in [1.82, 2.24) is 0 Å². The summed E-state index contributed by atoms with van der Waals surface area (Å²) < 4.78 is 22.6. The van der Waals surface area contributed by atoms with Crippen molar-refractivity contribution in [2.24, 2.45) is 0 Å². The lowest BCUT2D eigenvalue weighted by atomic mass is 10.3. The van der Waals surface area contributed by atoms with E-state index >= 15 is 0 Å². The predicted octanol–water partition coefficient (Wildman–Crippen LogP) is 3.47. The Morgan fingerprint density at radius 2 is 1.70 bits per heavy atom. The van der Waals surface area contributed by atoms with Crippen molar-refractivity contribution in [3.05, 3.63) is 24.3 Å². The Balaban J connectivity index is 2.78. The third-order valence-electron chi connectivity index (χ3n) is 2.34. The molecule has 0 N–H and O–H groups in total. The van der Waals surface area contributed by atoms with E-state index in [9.17, 15) is 0 Å². The van der Waals surface area contributed by atoms with Crippen molar-refractivity contribution in [3.63, 3.8) is 0 Å². The average molecular weight is 317 g/mol. The van der Waals surface area contributed by atoms with E-state index in [0.29, 0.717) is 40.4 Å². The van der Waals surface area contributed by atoms with Crippen LogP contribution < -0.4 is 9.16 Å². The van der Waals surface area contributed by atoms with Gasteiger partial charge in [-0.3, -0.25) is 0 Å². The van der Waals surface area contributed by atoms with Crippen LogP contribution in [-0.2, 0) is 9.47 Å². The molecule has 0 saturated heterocycles. The Morgan fingerprint density at radius 3 is 2.25 bits per heavy atom. The number of halogens is 1. The molecule has 0 spiro atoms. The maximum absolute atomic E-state index is 5.85. The summed E-state index contributed by atoms with van der Waals surface area (Å²) >= 11 is 5.65. The molecular formula is C14H21ClO4Si.